The van der Waals surface area contributed by atoms with Crippen LogP contribution in [0.25, 0.3) is 0 Å². The Labute approximate surface area is 91.2 Å². The first-order valence-electron chi connectivity index (χ1n) is 4.01. The summed E-state index contributed by atoms with van der Waals surface area (Å²) >= 11 is 9.20. The van der Waals surface area contributed by atoms with Crippen LogP contribution in [0.5, 0.6) is 0 Å². The summed E-state index contributed by atoms with van der Waals surface area (Å²) in [5, 5.41) is 0.507. The zero-order valence-corrected chi connectivity index (χ0v) is 9.82. The van der Waals surface area contributed by atoms with Crippen LogP contribution in [0.4, 0.5) is 0 Å². The van der Waals surface area contributed by atoms with Crippen LogP contribution in [0, 0.1) is 5.92 Å². The number of rotatable bonds is 2. The highest BCUT2D eigenvalue weighted by atomic mass is 79.9. The van der Waals surface area contributed by atoms with Gasteiger partial charge in [-0.15, -0.1) is 0 Å². The van der Waals surface area contributed by atoms with E-state index in [4.69, 9.17) is 11.6 Å². The lowest BCUT2D eigenvalue weighted by Gasteiger charge is -2.06. The van der Waals surface area contributed by atoms with E-state index in [0.717, 1.165) is 4.47 Å². The van der Waals surface area contributed by atoms with Gasteiger partial charge < -0.3 is 0 Å². The van der Waals surface area contributed by atoms with Gasteiger partial charge in [-0.05, 0) is 18.2 Å². The summed E-state index contributed by atoms with van der Waals surface area (Å²) in [7, 11) is 0. The third-order valence-electron chi connectivity index (χ3n) is 1.72. The summed E-state index contributed by atoms with van der Waals surface area (Å²) in [5.74, 6) is 0.0659. The van der Waals surface area contributed by atoms with E-state index in [2.05, 4.69) is 15.9 Å². The van der Waals surface area contributed by atoms with E-state index < -0.39 is 0 Å². The molecule has 3 heteroatoms. The van der Waals surface area contributed by atoms with Crippen LogP contribution in [0.3, 0.4) is 0 Å². The Morgan fingerprint density at radius 1 is 1.46 bits per heavy atom. The van der Waals surface area contributed by atoms with Crippen LogP contribution >= 0.6 is 27.5 Å². The predicted molar refractivity (Wildman–Crippen MR) is 58.3 cm³/mol. The molecule has 0 saturated carbocycles. The van der Waals surface area contributed by atoms with Crippen molar-refractivity contribution < 1.29 is 4.79 Å². The topological polar surface area (TPSA) is 17.1 Å². The minimum Gasteiger partial charge on any atom is -0.294 e. The maximum Gasteiger partial charge on any atom is 0.166 e. The number of halogens is 2. The molecule has 0 saturated heterocycles. The smallest absolute Gasteiger partial charge is 0.166 e. The van der Waals surface area contributed by atoms with Crippen molar-refractivity contribution in [1.82, 2.24) is 0 Å². The minimum absolute atomic E-state index is 0.0151. The van der Waals surface area contributed by atoms with Gasteiger partial charge in [0.1, 0.15) is 0 Å². The van der Waals surface area contributed by atoms with Gasteiger partial charge in [-0.25, -0.2) is 0 Å². The first kappa shape index (κ1) is 10.7. The summed E-state index contributed by atoms with van der Waals surface area (Å²) in [5.41, 5.74) is 0.597. The van der Waals surface area contributed by atoms with E-state index in [1.54, 1.807) is 12.1 Å². The molecule has 0 unspecified atom stereocenters. The fourth-order valence-electron chi connectivity index (χ4n) is 1.00. The van der Waals surface area contributed by atoms with E-state index in [9.17, 15) is 4.79 Å². The summed E-state index contributed by atoms with van der Waals surface area (Å²) in [6, 6.07) is 5.30. The molecule has 0 aliphatic rings. The van der Waals surface area contributed by atoms with Crippen molar-refractivity contribution in [2.45, 2.75) is 13.8 Å². The maximum atomic E-state index is 11.6. The number of hydrogen-bond donors (Lipinski definition) is 0. The van der Waals surface area contributed by atoms with Crippen LogP contribution < -0.4 is 0 Å². The summed E-state index contributed by atoms with van der Waals surface area (Å²) in [6.07, 6.45) is 0. The molecule has 0 aliphatic heterocycles. The van der Waals surface area contributed by atoms with Gasteiger partial charge in [0.15, 0.2) is 5.78 Å². The third-order valence-corrected chi connectivity index (χ3v) is 2.53. The third kappa shape index (κ3) is 2.55. The van der Waals surface area contributed by atoms with E-state index in [0.29, 0.717) is 10.6 Å². The number of carbonyl (C=O) groups excluding carboxylic acids is 1. The highest BCUT2D eigenvalue weighted by molar-refractivity contribution is 9.10. The molecule has 70 valence electrons. The van der Waals surface area contributed by atoms with Crippen molar-refractivity contribution in [2.24, 2.45) is 5.92 Å². The number of carbonyl (C=O) groups is 1. The van der Waals surface area contributed by atoms with Crippen LogP contribution in [0.2, 0.25) is 5.02 Å². The van der Waals surface area contributed by atoms with E-state index in [-0.39, 0.29) is 11.7 Å². The van der Waals surface area contributed by atoms with Gasteiger partial charge in [0.05, 0.1) is 5.02 Å². The van der Waals surface area contributed by atoms with Gasteiger partial charge in [0, 0.05) is 16.0 Å². The predicted octanol–water partition coefficient (Wildman–Crippen LogP) is 3.94. The maximum absolute atomic E-state index is 11.6. The molecular formula is C10H10BrClO. The molecule has 1 rings (SSSR count). The zero-order valence-electron chi connectivity index (χ0n) is 7.47. The average Bonchev–Trinajstić information content (AvgIpc) is 2.03. The molecule has 0 radical (unpaired) electrons. The Morgan fingerprint density at radius 3 is 2.54 bits per heavy atom. The van der Waals surface area contributed by atoms with Gasteiger partial charge in [0.2, 0.25) is 0 Å². The van der Waals surface area contributed by atoms with Gasteiger partial charge in [-0.3, -0.25) is 4.79 Å². The molecule has 0 aliphatic carbocycles. The van der Waals surface area contributed by atoms with Gasteiger partial charge in [-0.1, -0.05) is 41.4 Å². The quantitative estimate of drug-likeness (QED) is 0.737. The molecule has 0 spiro atoms. The van der Waals surface area contributed by atoms with Crippen molar-refractivity contribution in [3.05, 3.63) is 33.3 Å². The van der Waals surface area contributed by atoms with E-state index in [1.807, 2.05) is 19.9 Å². The second-order valence-electron chi connectivity index (χ2n) is 3.14. The van der Waals surface area contributed by atoms with Crippen LogP contribution in [0.1, 0.15) is 24.2 Å². The largest absolute Gasteiger partial charge is 0.294 e. The number of Topliss-reactive ketones (excluding diaryl/α,β-unsaturated/α-hetero) is 1. The lowest BCUT2D eigenvalue weighted by Crippen LogP contribution is -2.07. The first-order chi connectivity index (χ1) is 6.02. The molecule has 1 aromatic rings. The minimum atomic E-state index is -0.0151. The van der Waals surface area contributed by atoms with Crippen molar-refractivity contribution in [3.8, 4) is 0 Å². The van der Waals surface area contributed by atoms with Crippen molar-refractivity contribution in [1.29, 1.82) is 0 Å². The number of hydrogen-bond acceptors (Lipinski definition) is 1. The highest BCUT2D eigenvalue weighted by Crippen LogP contribution is 2.23. The normalized spacial score (nSPS) is 10.5. The summed E-state index contributed by atoms with van der Waals surface area (Å²) in [6.45, 7) is 3.72. The lowest BCUT2D eigenvalue weighted by atomic mass is 10.0. The Hall–Kier alpha value is -0.340. The number of ketones is 1. The SMILES string of the molecule is CC(C)C(=O)c1ccc(Br)cc1Cl. The summed E-state index contributed by atoms with van der Waals surface area (Å²) in [4.78, 5) is 11.6. The van der Waals surface area contributed by atoms with Crippen molar-refractivity contribution >= 4 is 33.3 Å². The molecule has 0 atom stereocenters. The average molecular weight is 262 g/mol. The Kier molecular flexibility index (Phi) is 3.51. The van der Waals surface area contributed by atoms with Crippen LogP contribution in [-0.2, 0) is 0 Å². The monoisotopic (exact) mass is 260 g/mol. The van der Waals surface area contributed by atoms with Gasteiger partial charge in [0.25, 0.3) is 0 Å². The standard InChI is InChI=1S/C10H10BrClO/c1-6(2)10(13)8-4-3-7(11)5-9(8)12/h3-6H,1-2H3. The Morgan fingerprint density at radius 2 is 2.08 bits per heavy atom. The second kappa shape index (κ2) is 4.25. The molecule has 1 nitrogen and oxygen atoms in total. The van der Waals surface area contributed by atoms with Gasteiger partial charge >= 0.3 is 0 Å². The fourth-order valence-corrected chi connectivity index (χ4v) is 1.77. The lowest BCUT2D eigenvalue weighted by molar-refractivity contribution is 0.0939. The van der Waals surface area contributed by atoms with Crippen LogP contribution in [-0.4, -0.2) is 5.78 Å². The molecule has 1 aromatic carbocycles. The Bertz CT molecular complexity index is 334. The van der Waals surface area contributed by atoms with Crippen molar-refractivity contribution in [2.75, 3.05) is 0 Å². The van der Waals surface area contributed by atoms with E-state index in [1.165, 1.54) is 0 Å². The fraction of sp³-hybridized carbons (Fsp3) is 0.300. The molecular weight excluding hydrogens is 251 g/mol. The second-order valence-corrected chi connectivity index (χ2v) is 4.47. The molecule has 13 heavy (non-hydrogen) atoms. The first-order valence-corrected chi connectivity index (χ1v) is 5.18. The van der Waals surface area contributed by atoms with Crippen molar-refractivity contribution in [3.63, 3.8) is 0 Å². The molecule has 0 aromatic heterocycles. The van der Waals surface area contributed by atoms with E-state index >= 15 is 0 Å². The summed E-state index contributed by atoms with van der Waals surface area (Å²) < 4.78 is 0.887. The molecule has 0 fully saturated rings. The molecule has 0 bridgehead atoms. The Balaban J connectivity index is 3.09. The van der Waals surface area contributed by atoms with Crippen LogP contribution in [0.15, 0.2) is 22.7 Å². The molecule has 0 heterocycles. The zero-order chi connectivity index (χ0) is 10.0. The number of benzene rings is 1. The van der Waals surface area contributed by atoms with Gasteiger partial charge in [-0.2, -0.15) is 0 Å². The molecule has 0 N–H and O–H groups in total. The molecule has 0 amide bonds. The highest BCUT2D eigenvalue weighted by Gasteiger charge is 2.13.